The van der Waals surface area contributed by atoms with E-state index in [0.29, 0.717) is 17.7 Å². The van der Waals surface area contributed by atoms with Crippen molar-refractivity contribution in [3.05, 3.63) is 35.0 Å². The number of aryl methyl sites for hydroxylation is 1. The largest absolute Gasteiger partial charge is 0.497 e. The fraction of sp³-hybridized carbons (Fsp3) is 0.267. The molecule has 22 heavy (non-hydrogen) atoms. The highest BCUT2D eigenvalue weighted by Gasteiger charge is 2.27. The molecule has 0 saturated heterocycles. The van der Waals surface area contributed by atoms with E-state index in [0.717, 1.165) is 23.3 Å². The van der Waals surface area contributed by atoms with E-state index < -0.39 is 18.4 Å². The topological polar surface area (TPSA) is 102 Å². The standard InChI is InChI=1S/C15H14N2O5/c1-21-9-3-5-10-8(6-9)2-4-11-13(17-22-14(10)11)15(20)16-7-12(18)19/h3,5-6H,2,4,7H2,1H3,(H,16,20)(H,18,19). The van der Waals surface area contributed by atoms with Gasteiger partial charge in [0.2, 0.25) is 0 Å². The van der Waals surface area contributed by atoms with Gasteiger partial charge in [-0.05, 0) is 36.6 Å². The second-order valence-electron chi connectivity index (χ2n) is 4.94. The van der Waals surface area contributed by atoms with Crippen molar-refractivity contribution in [3.63, 3.8) is 0 Å². The number of benzene rings is 1. The zero-order chi connectivity index (χ0) is 15.7. The normalized spacial score (nSPS) is 12.2. The number of nitrogens with one attached hydrogen (secondary N) is 1. The Bertz CT molecular complexity index is 750. The summed E-state index contributed by atoms with van der Waals surface area (Å²) >= 11 is 0. The van der Waals surface area contributed by atoms with Crippen LogP contribution >= 0.6 is 0 Å². The lowest BCUT2D eigenvalue weighted by atomic mass is 9.89. The molecule has 1 aromatic carbocycles. The lowest BCUT2D eigenvalue weighted by Crippen LogP contribution is -2.30. The molecule has 0 fully saturated rings. The molecule has 1 aliphatic rings. The molecule has 2 N–H and O–H groups in total. The molecule has 0 unspecified atom stereocenters. The van der Waals surface area contributed by atoms with Crippen molar-refractivity contribution in [3.8, 4) is 17.1 Å². The van der Waals surface area contributed by atoms with Gasteiger partial charge in [-0.3, -0.25) is 9.59 Å². The average molecular weight is 302 g/mol. The van der Waals surface area contributed by atoms with Crippen LogP contribution in [0.2, 0.25) is 0 Å². The van der Waals surface area contributed by atoms with Crippen LogP contribution in [0, 0.1) is 0 Å². The number of fused-ring (bicyclic) bond motifs is 3. The van der Waals surface area contributed by atoms with Crippen LogP contribution in [-0.2, 0) is 17.6 Å². The minimum atomic E-state index is -1.11. The summed E-state index contributed by atoms with van der Waals surface area (Å²) in [5.74, 6) is -0.321. The molecule has 114 valence electrons. The molecule has 1 aromatic heterocycles. The highest BCUT2D eigenvalue weighted by Crippen LogP contribution is 2.36. The van der Waals surface area contributed by atoms with E-state index >= 15 is 0 Å². The van der Waals surface area contributed by atoms with Crippen LogP contribution in [0.4, 0.5) is 0 Å². The second-order valence-corrected chi connectivity index (χ2v) is 4.94. The van der Waals surface area contributed by atoms with Gasteiger partial charge in [-0.15, -0.1) is 0 Å². The van der Waals surface area contributed by atoms with Crippen molar-refractivity contribution in [1.29, 1.82) is 0 Å². The van der Waals surface area contributed by atoms with E-state index in [9.17, 15) is 9.59 Å². The van der Waals surface area contributed by atoms with Gasteiger partial charge >= 0.3 is 5.97 Å². The number of amides is 1. The number of carbonyl (C=O) groups excluding carboxylic acids is 1. The predicted octanol–water partition coefficient (Wildman–Crippen LogP) is 1.26. The van der Waals surface area contributed by atoms with Gasteiger partial charge in [0.1, 0.15) is 12.3 Å². The number of hydrogen-bond donors (Lipinski definition) is 2. The maximum absolute atomic E-state index is 12.0. The molecule has 1 heterocycles. The van der Waals surface area contributed by atoms with Gasteiger partial charge in [0.05, 0.1) is 7.11 Å². The van der Waals surface area contributed by atoms with Gasteiger partial charge in [0, 0.05) is 11.1 Å². The average Bonchev–Trinajstić information content (AvgIpc) is 2.96. The molecule has 3 rings (SSSR count). The summed E-state index contributed by atoms with van der Waals surface area (Å²) in [5.41, 5.74) is 2.81. The SMILES string of the molecule is COc1ccc2c(c1)CCc1c(C(=O)NCC(=O)O)noc1-2. The molecule has 0 spiro atoms. The van der Waals surface area contributed by atoms with Crippen LogP contribution in [-0.4, -0.2) is 35.8 Å². The number of ether oxygens (including phenoxy) is 1. The Labute approximate surface area is 125 Å². The van der Waals surface area contributed by atoms with E-state index in [1.165, 1.54) is 0 Å². The lowest BCUT2D eigenvalue weighted by Gasteiger charge is -2.15. The Balaban J connectivity index is 1.93. The van der Waals surface area contributed by atoms with Crippen LogP contribution in [0.15, 0.2) is 22.7 Å². The Morgan fingerprint density at radius 1 is 1.41 bits per heavy atom. The Hall–Kier alpha value is -2.83. The van der Waals surface area contributed by atoms with Crippen molar-refractivity contribution < 1.29 is 24.0 Å². The molecule has 2 aromatic rings. The van der Waals surface area contributed by atoms with Crippen molar-refractivity contribution in [2.24, 2.45) is 0 Å². The fourth-order valence-electron chi connectivity index (χ4n) is 2.56. The van der Waals surface area contributed by atoms with E-state index in [4.69, 9.17) is 14.4 Å². The molecule has 1 aliphatic carbocycles. The third-order valence-electron chi connectivity index (χ3n) is 3.60. The van der Waals surface area contributed by atoms with Crippen LogP contribution in [0.1, 0.15) is 21.6 Å². The van der Waals surface area contributed by atoms with Crippen LogP contribution in [0.3, 0.4) is 0 Å². The van der Waals surface area contributed by atoms with E-state index in [1.54, 1.807) is 7.11 Å². The second kappa shape index (κ2) is 5.51. The summed E-state index contributed by atoms with van der Waals surface area (Å²) in [6, 6.07) is 5.63. The van der Waals surface area contributed by atoms with Crippen molar-refractivity contribution in [2.75, 3.05) is 13.7 Å². The fourth-order valence-corrected chi connectivity index (χ4v) is 2.56. The van der Waals surface area contributed by atoms with Crippen LogP contribution in [0.25, 0.3) is 11.3 Å². The van der Waals surface area contributed by atoms with Gasteiger partial charge in [0.15, 0.2) is 11.5 Å². The summed E-state index contributed by atoms with van der Waals surface area (Å²) in [4.78, 5) is 22.5. The highest BCUT2D eigenvalue weighted by atomic mass is 16.5. The summed E-state index contributed by atoms with van der Waals surface area (Å²) in [6.45, 7) is -0.450. The molecule has 0 saturated carbocycles. The number of carbonyl (C=O) groups is 2. The molecule has 0 aliphatic heterocycles. The summed E-state index contributed by atoms with van der Waals surface area (Å²) in [7, 11) is 1.61. The Morgan fingerprint density at radius 2 is 2.23 bits per heavy atom. The summed E-state index contributed by atoms with van der Waals surface area (Å²) in [6.07, 6.45) is 1.34. The monoisotopic (exact) mass is 302 g/mol. The molecule has 0 radical (unpaired) electrons. The molecule has 0 bridgehead atoms. The zero-order valence-corrected chi connectivity index (χ0v) is 11.9. The number of aliphatic carboxylic acids is 1. The first-order valence-electron chi connectivity index (χ1n) is 6.76. The minimum Gasteiger partial charge on any atom is -0.497 e. The summed E-state index contributed by atoms with van der Waals surface area (Å²) < 4.78 is 10.5. The quantitative estimate of drug-likeness (QED) is 0.881. The predicted molar refractivity (Wildman–Crippen MR) is 75.9 cm³/mol. The first kappa shape index (κ1) is 14.1. The van der Waals surface area contributed by atoms with Gasteiger partial charge in [0.25, 0.3) is 5.91 Å². The Kier molecular flexibility index (Phi) is 3.54. The third-order valence-corrected chi connectivity index (χ3v) is 3.60. The minimum absolute atomic E-state index is 0.151. The number of rotatable bonds is 4. The third kappa shape index (κ3) is 2.41. The van der Waals surface area contributed by atoms with Crippen LogP contribution in [0.5, 0.6) is 5.75 Å². The van der Waals surface area contributed by atoms with Crippen LogP contribution < -0.4 is 10.1 Å². The maximum Gasteiger partial charge on any atom is 0.322 e. The molecular weight excluding hydrogens is 288 g/mol. The molecule has 7 nitrogen and oxygen atoms in total. The van der Waals surface area contributed by atoms with Crippen molar-refractivity contribution in [2.45, 2.75) is 12.8 Å². The summed E-state index contributed by atoms with van der Waals surface area (Å²) in [5, 5.41) is 14.7. The molecule has 7 heteroatoms. The maximum atomic E-state index is 12.0. The number of carboxylic acids is 1. The first-order chi connectivity index (χ1) is 10.6. The highest BCUT2D eigenvalue weighted by molar-refractivity contribution is 5.97. The smallest absolute Gasteiger partial charge is 0.322 e. The number of aromatic nitrogens is 1. The van der Waals surface area contributed by atoms with Gasteiger partial charge in [-0.25, -0.2) is 0 Å². The molecular formula is C15H14N2O5. The number of methoxy groups -OCH3 is 1. The molecule has 1 amide bonds. The molecule has 0 atom stereocenters. The Morgan fingerprint density at radius 3 is 2.95 bits per heavy atom. The van der Waals surface area contributed by atoms with Crippen molar-refractivity contribution >= 4 is 11.9 Å². The van der Waals surface area contributed by atoms with E-state index in [-0.39, 0.29) is 5.69 Å². The lowest BCUT2D eigenvalue weighted by molar-refractivity contribution is -0.135. The van der Waals surface area contributed by atoms with Crippen molar-refractivity contribution in [1.82, 2.24) is 10.5 Å². The van der Waals surface area contributed by atoms with Gasteiger partial charge in [-0.1, -0.05) is 5.16 Å². The number of hydrogen-bond acceptors (Lipinski definition) is 5. The van der Waals surface area contributed by atoms with E-state index in [1.807, 2.05) is 18.2 Å². The first-order valence-corrected chi connectivity index (χ1v) is 6.76. The van der Waals surface area contributed by atoms with E-state index in [2.05, 4.69) is 10.5 Å². The number of nitrogens with zero attached hydrogens (tertiary/aromatic N) is 1. The number of carboxylic acid groups (broad SMARTS) is 1. The van der Waals surface area contributed by atoms with Gasteiger partial charge in [-0.2, -0.15) is 0 Å². The zero-order valence-electron chi connectivity index (χ0n) is 11.9. The van der Waals surface area contributed by atoms with Gasteiger partial charge < -0.3 is 19.7 Å².